The lowest BCUT2D eigenvalue weighted by atomic mass is 9.89. The second-order valence-electron chi connectivity index (χ2n) is 7.29. The van der Waals surface area contributed by atoms with Crippen molar-refractivity contribution in [2.45, 2.75) is 44.4 Å². The number of carbonyl (C=O) groups is 1. The van der Waals surface area contributed by atoms with Crippen LogP contribution in [-0.2, 0) is 20.8 Å². The minimum atomic E-state index is -0.635. The average molecular weight is 402 g/mol. The van der Waals surface area contributed by atoms with E-state index in [4.69, 9.17) is 9.47 Å². The Bertz CT molecular complexity index is 776. The summed E-state index contributed by atoms with van der Waals surface area (Å²) >= 11 is 0. The normalized spacial score (nSPS) is 24.8. The molecule has 2 aliphatic rings. The van der Waals surface area contributed by atoms with Crippen LogP contribution in [0, 0.1) is 17.1 Å². The summed E-state index contributed by atoms with van der Waals surface area (Å²) < 4.78 is 23.9. The number of fused-ring (bicyclic) bond motifs is 2. The van der Waals surface area contributed by atoms with Gasteiger partial charge in [-0.05, 0) is 37.5 Å². The third kappa shape index (κ3) is 5.05. The number of halogens is 1. The van der Waals surface area contributed by atoms with Gasteiger partial charge in [0.2, 0.25) is 0 Å². The van der Waals surface area contributed by atoms with E-state index >= 15 is 0 Å². The van der Waals surface area contributed by atoms with Crippen LogP contribution in [0.25, 0.3) is 0 Å². The van der Waals surface area contributed by atoms with Crippen LogP contribution < -0.4 is 10.6 Å². The first-order chi connectivity index (χ1) is 14.0. The van der Waals surface area contributed by atoms with Gasteiger partial charge in [-0.3, -0.25) is 4.90 Å². The van der Waals surface area contributed by atoms with Gasteiger partial charge in [0.15, 0.2) is 5.57 Å². The van der Waals surface area contributed by atoms with Crippen molar-refractivity contribution in [3.05, 3.63) is 47.0 Å². The molecule has 2 aliphatic heterocycles. The highest BCUT2D eigenvalue weighted by Crippen LogP contribution is 2.30. The van der Waals surface area contributed by atoms with Crippen molar-refractivity contribution < 1.29 is 18.7 Å². The molecule has 2 saturated heterocycles. The number of morpholine rings is 1. The van der Waals surface area contributed by atoms with Crippen LogP contribution in [0.15, 0.2) is 35.7 Å². The van der Waals surface area contributed by atoms with Gasteiger partial charge in [0, 0.05) is 31.7 Å². The maximum absolute atomic E-state index is 13.2. The van der Waals surface area contributed by atoms with Crippen molar-refractivity contribution in [3.63, 3.8) is 0 Å². The van der Waals surface area contributed by atoms with Crippen LogP contribution in [0.4, 0.5) is 4.39 Å². The molecule has 2 fully saturated rings. The first-order valence-electron chi connectivity index (χ1n) is 9.89. The van der Waals surface area contributed by atoms with Crippen molar-refractivity contribution in [3.8, 4) is 6.07 Å². The van der Waals surface area contributed by atoms with Crippen LogP contribution in [0.1, 0.15) is 25.3 Å². The molecule has 2 heterocycles. The highest BCUT2D eigenvalue weighted by Gasteiger charge is 2.39. The van der Waals surface area contributed by atoms with E-state index < -0.39 is 5.97 Å². The molecule has 29 heavy (non-hydrogen) atoms. The maximum Gasteiger partial charge on any atom is 0.352 e. The molecule has 2 atom stereocenters. The Hall–Kier alpha value is -2.63. The van der Waals surface area contributed by atoms with Crippen molar-refractivity contribution in [1.29, 1.82) is 5.26 Å². The maximum atomic E-state index is 13.2. The summed E-state index contributed by atoms with van der Waals surface area (Å²) in [4.78, 5) is 14.5. The fourth-order valence-electron chi connectivity index (χ4n) is 4.05. The monoisotopic (exact) mass is 402 g/mol. The molecule has 0 spiro atoms. The van der Waals surface area contributed by atoms with Crippen LogP contribution in [-0.4, -0.2) is 55.9 Å². The second kappa shape index (κ2) is 9.72. The molecule has 0 aromatic heterocycles. The number of hydrogen-bond acceptors (Lipinski definition) is 7. The molecular weight excluding hydrogens is 375 g/mol. The molecule has 0 aliphatic carbocycles. The number of nitrogens with zero attached hydrogens (tertiary/aromatic N) is 2. The summed E-state index contributed by atoms with van der Waals surface area (Å²) in [5, 5.41) is 15.7. The number of rotatable bonds is 7. The molecule has 0 saturated carbocycles. The van der Waals surface area contributed by atoms with Gasteiger partial charge in [-0.25, -0.2) is 9.18 Å². The fourth-order valence-corrected chi connectivity index (χ4v) is 4.05. The second-order valence-corrected chi connectivity index (χ2v) is 7.29. The lowest BCUT2D eigenvalue weighted by molar-refractivity contribution is -0.138. The predicted molar refractivity (Wildman–Crippen MR) is 105 cm³/mol. The Kier molecular flexibility index (Phi) is 7.07. The lowest BCUT2D eigenvalue weighted by Crippen LogP contribution is -2.60. The Morgan fingerprint density at radius 1 is 1.31 bits per heavy atom. The van der Waals surface area contributed by atoms with Crippen LogP contribution in [0.2, 0.25) is 0 Å². The molecule has 0 radical (unpaired) electrons. The molecule has 0 amide bonds. The number of benzene rings is 1. The quantitative estimate of drug-likeness (QED) is 0.408. The summed E-state index contributed by atoms with van der Waals surface area (Å²) in [6.45, 7) is 3.91. The summed E-state index contributed by atoms with van der Waals surface area (Å²) in [6.07, 6.45) is 1.62. The Labute approximate surface area is 170 Å². The van der Waals surface area contributed by atoms with Gasteiger partial charge in [0.05, 0.1) is 19.8 Å². The third-order valence-electron chi connectivity index (χ3n) is 5.39. The van der Waals surface area contributed by atoms with E-state index in [-0.39, 0.29) is 36.1 Å². The van der Waals surface area contributed by atoms with E-state index in [9.17, 15) is 14.4 Å². The Balaban J connectivity index is 1.70. The van der Waals surface area contributed by atoms with E-state index in [1.165, 1.54) is 12.1 Å². The number of ether oxygens (including phenoxy) is 2. The van der Waals surface area contributed by atoms with Gasteiger partial charge in [-0.2, -0.15) is 5.26 Å². The van der Waals surface area contributed by atoms with E-state index in [2.05, 4.69) is 15.5 Å². The first-order valence-corrected chi connectivity index (χ1v) is 9.89. The highest BCUT2D eigenvalue weighted by molar-refractivity contribution is 5.93. The zero-order chi connectivity index (χ0) is 20.8. The van der Waals surface area contributed by atoms with Crippen LogP contribution >= 0.6 is 0 Å². The predicted octanol–water partition coefficient (Wildman–Crippen LogP) is 1.66. The zero-order valence-electron chi connectivity index (χ0n) is 16.8. The van der Waals surface area contributed by atoms with Gasteiger partial charge in [0.25, 0.3) is 0 Å². The smallest absolute Gasteiger partial charge is 0.352 e. The summed E-state index contributed by atoms with van der Waals surface area (Å²) in [7, 11) is 1.67. The Morgan fingerprint density at radius 2 is 1.97 bits per heavy atom. The lowest BCUT2D eigenvalue weighted by Gasteiger charge is -2.49. The van der Waals surface area contributed by atoms with Gasteiger partial charge >= 0.3 is 5.97 Å². The summed E-state index contributed by atoms with van der Waals surface area (Å²) in [5.41, 5.74) is 1.02. The van der Waals surface area contributed by atoms with Crippen molar-refractivity contribution in [1.82, 2.24) is 15.5 Å². The van der Waals surface area contributed by atoms with Gasteiger partial charge in [-0.1, -0.05) is 12.1 Å². The minimum absolute atomic E-state index is 0.0514. The number of piperidine rings is 1. The highest BCUT2D eigenvalue weighted by atomic mass is 19.1. The van der Waals surface area contributed by atoms with E-state index in [0.29, 0.717) is 19.0 Å². The largest absolute Gasteiger partial charge is 0.462 e. The fraction of sp³-hybridized carbons (Fsp3) is 0.524. The number of hydrogen-bond donors (Lipinski definition) is 2. The van der Waals surface area contributed by atoms with Gasteiger partial charge < -0.3 is 20.1 Å². The molecule has 3 rings (SSSR count). The first kappa shape index (κ1) is 21.1. The van der Waals surface area contributed by atoms with E-state index in [1.54, 1.807) is 14.0 Å². The average Bonchev–Trinajstić information content (AvgIpc) is 2.70. The van der Waals surface area contributed by atoms with Gasteiger partial charge in [0.1, 0.15) is 17.7 Å². The molecular formula is C21H27FN4O3. The standard InChI is InChI=1S/C21H27FN4O3/c1-3-29-21(27)19(10-23)20(24-2)25-16-8-17-12-28-13-18(9-16)26(17)11-14-4-6-15(22)7-5-14/h4-7,16-18,24-25H,3,8-9,11-13H2,1-2H3/b20-19-. The van der Waals surface area contributed by atoms with Crippen LogP contribution in [0.5, 0.6) is 0 Å². The Morgan fingerprint density at radius 3 is 2.52 bits per heavy atom. The van der Waals surface area contributed by atoms with Crippen molar-refractivity contribution in [2.24, 2.45) is 0 Å². The molecule has 156 valence electrons. The summed E-state index contributed by atoms with van der Waals surface area (Å²) in [6, 6.07) is 9.05. The third-order valence-corrected chi connectivity index (χ3v) is 5.39. The van der Waals surface area contributed by atoms with E-state index in [1.807, 2.05) is 18.2 Å². The molecule has 1 aromatic carbocycles. The van der Waals surface area contributed by atoms with E-state index in [0.717, 1.165) is 24.9 Å². The molecule has 8 heteroatoms. The zero-order valence-corrected chi connectivity index (χ0v) is 16.8. The number of carbonyl (C=O) groups excluding carboxylic acids is 1. The SMILES string of the molecule is CCOC(=O)/C(C#N)=C(/NC)NC1CC2COCC(C1)N2Cc1ccc(F)cc1. The van der Waals surface area contributed by atoms with Crippen LogP contribution in [0.3, 0.4) is 0 Å². The minimum Gasteiger partial charge on any atom is -0.462 e. The number of esters is 1. The summed E-state index contributed by atoms with van der Waals surface area (Å²) in [5.74, 6) is -0.479. The molecule has 2 bridgehead atoms. The topological polar surface area (TPSA) is 86.6 Å². The number of nitriles is 1. The van der Waals surface area contributed by atoms with Crippen molar-refractivity contribution in [2.75, 3.05) is 26.9 Å². The van der Waals surface area contributed by atoms with Gasteiger partial charge in [-0.15, -0.1) is 0 Å². The van der Waals surface area contributed by atoms with Crippen molar-refractivity contribution >= 4 is 5.97 Å². The molecule has 2 N–H and O–H groups in total. The molecule has 7 nitrogen and oxygen atoms in total. The molecule has 1 aromatic rings. The number of nitrogens with one attached hydrogen (secondary N) is 2. The molecule has 2 unspecified atom stereocenters.